The van der Waals surface area contributed by atoms with Crippen LogP contribution in [0.15, 0.2) is 42.0 Å². The molecule has 9 heteroatoms. The second kappa shape index (κ2) is 9.32. The molecule has 2 aromatic carbocycles. The molecular formula is C22H18ClN3O5. The van der Waals surface area contributed by atoms with Gasteiger partial charge in [0.25, 0.3) is 11.8 Å². The van der Waals surface area contributed by atoms with Crippen LogP contribution in [-0.2, 0) is 16.0 Å². The largest absolute Gasteiger partial charge is 0.493 e. The number of imide groups is 2. The molecule has 1 heterocycles. The van der Waals surface area contributed by atoms with Gasteiger partial charge >= 0.3 is 6.03 Å². The number of methoxy groups -OCH3 is 1. The first-order valence-electron chi connectivity index (χ1n) is 9.27. The van der Waals surface area contributed by atoms with Crippen LogP contribution in [0.2, 0.25) is 5.02 Å². The number of rotatable bonds is 6. The number of barbiturate groups is 1. The Bertz CT molecular complexity index is 1120. The van der Waals surface area contributed by atoms with Crippen molar-refractivity contribution < 1.29 is 23.9 Å². The summed E-state index contributed by atoms with van der Waals surface area (Å²) in [4.78, 5) is 38.6. The smallest absolute Gasteiger partial charge is 0.335 e. The van der Waals surface area contributed by atoms with E-state index in [4.69, 9.17) is 26.3 Å². The average Bonchev–Trinajstić information content (AvgIpc) is 2.76. The zero-order valence-electron chi connectivity index (χ0n) is 16.8. The van der Waals surface area contributed by atoms with Gasteiger partial charge in [-0.05, 0) is 47.9 Å². The van der Waals surface area contributed by atoms with Crippen LogP contribution in [0, 0.1) is 11.3 Å². The lowest BCUT2D eigenvalue weighted by Crippen LogP contribution is -2.54. The van der Waals surface area contributed by atoms with E-state index in [1.54, 1.807) is 24.3 Å². The summed E-state index contributed by atoms with van der Waals surface area (Å²) in [6, 6.07) is 10.9. The highest BCUT2D eigenvalue weighted by Crippen LogP contribution is 2.37. The molecule has 0 saturated carbocycles. The zero-order valence-corrected chi connectivity index (χ0v) is 17.5. The maximum absolute atomic E-state index is 13.0. The van der Waals surface area contributed by atoms with Crippen LogP contribution in [0.25, 0.3) is 6.08 Å². The molecule has 0 unspecified atom stereocenters. The Morgan fingerprint density at radius 2 is 1.90 bits per heavy atom. The Labute approximate surface area is 183 Å². The number of aryl methyl sites for hydroxylation is 1. The summed E-state index contributed by atoms with van der Waals surface area (Å²) in [5, 5.41) is 11.0. The fraction of sp³-hybridized carbons (Fsp3) is 0.182. The molecule has 2 aromatic rings. The minimum atomic E-state index is -0.827. The van der Waals surface area contributed by atoms with E-state index in [-0.39, 0.29) is 28.7 Å². The van der Waals surface area contributed by atoms with E-state index in [1.165, 1.54) is 25.3 Å². The van der Waals surface area contributed by atoms with Crippen LogP contribution < -0.4 is 19.7 Å². The van der Waals surface area contributed by atoms with Crippen molar-refractivity contribution in [3.8, 4) is 17.6 Å². The monoisotopic (exact) mass is 439 g/mol. The number of carbonyl (C=O) groups excluding carboxylic acids is 3. The number of carbonyl (C=O) groups is 3. The van der Waals surface area contributed by atoms with Gasteiger partial charge in [0.05, 0.1) is 17.8 Å². The molecule has 1 N–H and O–H groups in total. The van der Waals surface area contributed by atoms with Crippen molar-refractivity contribution in [2.75, 3.05) is 18.6 Å². The lowest BCUT2D eigenvalue weighted by atomic mass is 10.1. The molecule has 1 aliphatic rings. The van der Waals surface area contributed by atoms with Gasteiger partial charge < -0.3 is 9.47 Å². The molecule has 0 atom stereocenters. The number of hydrogen-bond donors (Lipinski definition) is 1. The zero-order chi connectivity index (χ0) is 22.5. The normalized spacial score (nSPS) is 15.0. The maximum atomic E-state index is 13.0. The topological polar surface area (TPSA) is 109 Å². The van der Waals surface area contributed by atoms with Crippen molar-refractivity contribution in [2.24, 2.45) is 0 Å². The number of hydrogen-bond acceptors (Lipinski definition) is 6. The summed E-state index contributed by atoms with van der Waals surface area (Å²) in [5.74, 6) is -1.20. The van der Waals surface area contributed by atoms with Crippen LogP contribution in [0.4, 0.5) is 10.5 Å². The number of ether oxygens (including phenoxy) is 2. The van der Waals surface area contributed by atoms with E-state index in [0.717, 1.165) is 16.9 Å². The summed E-state index contributed by atoms with van der Waals surface area (Å²) in [7, 11) is 1.39. The molecule has 0 radical (unpaired) electrons. The van der Waals surface area contributed by atoms with E-state index in [1.807, 2.05) is 13.0 Å². The lowest BCUT2D eigenvalue weighted by molar-refractivity contribution is -0.122. The SMILES string of the molecule is CCc1ccc(N2C(=O)NC(=O)/C(=C/c3cc(Cl)c(OCC#N)c(OC)c3)C2=O)cc1. The molecule has 0 aromatic heterocycles. The van der Waals surface area contributed by atoms with Crippen LogP contribution in [0.1, 0.15) is 18.1 Å². The van der Waals surface area contributed by atoms with Crippen molar-refractivity contribution in [1.82, 2.24) is 5.32 Å². The van der Waals surface area contributed by atoms with E-state index in [2.05, 4.69) is 5.32 Å². The summed E-state index contributed by atoms with van der Waals surface area (Å²) >= 11 is 6.22. The van der Waals surface area contributed by atoms with Gasteiger partial charge in [0.1, 0.15) is 11.6 Å². The van der Waals surface area contributed by atoms with Crippen molar-refractivity contribution in [3.05, 3.63) is 58.1 Å². The van der Waals surface area contributed by atoms with Crippen LogP contribution in [0.5, 0.6) is 11.5 Å². The van der Waals surface area contributed by atoms with Gasteiger partial charge in [-0.2, -0.15) is 5.26 Å². The maximum Gasteiger partial charge on any atom is 0.335 e. The quantitative estimate of drug-likeness (QED) is 0.545. The molecule has 8 nitrogen and oxygen atoms in total. The predicted octanol–water partition coefficient (Wildman–Crippen LogP) is 3.48. The molecule has 0 spiro atoms. The number of nitrogens with zero attached hydrogens (tertiary/aromatic N) is 2. The van der Waals surface area contributed by atoms with Gasteiger partial charge in [0.15, 0.2) is 18.1 Å². The molecule has 0 bridgehead atoms. The Kier molecular flexibility index (Phi) is 6.58. The van der Waals surface area contributed by atoms with Gasteiger partial charge in [0.2, 0.25) is 0 Å². The molecule has 1 aliphatic heterocycles. The second-order valence-corrected chi connectivity index (χ2v) is 6.87. The fourth-order valence-electron chi connectivity index (χ4n) is 3.01. The van der Waals surface area contributed by atoms with Crippen LogP contribution in [-0.4, -0.2) is 31.6 Å². The van der Waals surface area contributed by atoms with Crippen LogP contribution >= 0.6 is 11.6 Å². The molecule has 1 saturated heterocycles. The number of urea groups is 1. The number of nitriles is 1. The lowest BCUT2D eigenvalue weighted by Gasteiger charge is -2.26. The number of benzene rings is 2. The molecule has 3 rings (SSSR count). The third-order valence-electron chi connectivity index (χ3n) is 4.55. The standard InChI is InChI=1S/C22H18ClN3O5/c1-3-13-4-6-15(7-5-13)26-21(28)16(20(27)25-22(26)29)10-14-11-17(23)19(31-9-8-24)18(12-14)30-2/h4-7,10-12H,3,9H2,1-2H3,(H,25,27,29)/b16-10-. The minimum Gasteiger partial charge on any atom is -0.493 e. The third-order valence-corrected chi connectivity index (χ3v) is 4.83. The Hall–Kier alpha value is -3.83. The number of halogens is 1. The molecular weight excluding hydrogens is 422 g/mol. The second-order valence-electron chi connectivity index (χ2n) is 6.46. The van der Waals surface area contributed by atoms with E-state index in [0.29, 0.717) is 11.3 Å². The highest BCUT2D eigenvalue weighted by Gasteiger charge is 2.36. The van der Waals surface area contributed by atoms with Gasteiger partial charge in [-0.15, -0.1) is 0 Å². The summed E-state index contributed by atoms with van der Waals surface area (Å²) in [6.07, 6.45) is 2.11. The average molecular weight is 440 g/mol. The molecule has 31 heavy (non-hydrogen) atoms. The summed E-state index contributed by atoms with van der Waals surface area (Å²) in [6.45, 7) is 1.76. The highest BCUT2D eigenvalue weighted by molar-refractivity contribution is 6.39. The molecule has 1 fully saturated rings. The Balaban J connectivity index is 1.99. The highest BCUT2D eigenvalue weighted by atomic mass is 35.5. The minimum absolute atomic E-state index is 0.133. The van der Waals surface area contributed by atoms with E-state index < -0.39 is 17.8 Å². The third kappa shape index (κ3) is 4.52. The fourth-order valence-corrected chi connectivity index (χ4v) is 3.28. The number of amides is 4. The first-order chi connectivity index (χ1) is 14.9. The molecule has 158 valence electrons. The van der Waals surface area contributed by atoms with Crippen molar-refractivity contribution in [1.29, 1.82) is 5.26 Å². The molecule has 4 amide bonds. The van der Waals surface area contributed by atoms with Gasteiger partial charge in [-0.25, -0.2) is 9.69 Å². The first kappa shape index (κ1) is 21.9. The molecule has 0 aliphatic carbocycles. The van der Waals surface area contributed by atoms with Crippen molar-refractivity contribution >= 4 is 41.2 Å². The van der Waals surface area contributed by atoms with Crippen molar-refractivity contribution in [3.63, 3.8) is 0 Å². The van der Waals surface area contributed by atoms with Crippen molar-refractivity contribution in [2.45, 2.75) is 13.3 Å². The van der Waals surface area contributed by atoms with Crippen LogP contribution in [0.3, 0.4) is 0 Å². The number of nitrogens with one attached hydrogen (secondary N) is 1. The number of anilines is 1. The predicted molar refractivity (Wildman–Crippen MR) is 114 cm³/mol. The first-order valence-corrected chi connectivity index (χ1v) is 9.65. The Morgan fingerprint density at radius 1 is 1.19 bits per heavy atom. The summed E-state index contributed by atoms with van der Waals surface area (Å²) in [5.41, 5.74) is 1.51. The van der Waals surface area contributed by atoms with Gasteiger partial charge in [-0.3, -0.25) is 14.9 Å². The van der Waals surface area contributed by atoms with Gasteiger partial charge in [0, 0.05) is 0 Å². The van der Waals surface area contributed by atoms with Gasteiger partial charge in [-0.1, -0.05) is 30.7 Å². The Morgan fingerprint density at radius 3 is 2.52 bits per heavy atom. The summed E-state index contributed by atoms with van der Waals surface area (Å²) < 4.78 is 10.5. The van der Waals surface area contributed by atoms with E-state index >= 15 is 0 Å². The van der Waals surface area contributed by atoms with E-state index in [9.17, 15) is 14.4 Å².